The second kappa shape index (κ2) is 8.00. The number of aromatic hydroxyl groups is 1. The highest BCUT2D eigenvalue weighted by Gasteiger charge is 2.48. The summed E-state index contributed by atoms with van der Waals surface area (Å²) in [6, 6.07) is 11.5. The van der Waals surface area contributed by atoms with Gasteiger partial charge in [0.05, 0.1) is 5.39 Å². The molecule has 2 heterocycles. The van der Waals surface area contributed by atoms with Gasteiger partial charge < -0.3 is 39.4 Å². The number of hydrogen-bond acceptors (Lipinski definition) is 9. The molecule has 0 saturated carbocycles. The van der Waals surface area contributed by atoms with Crippen molar-refractivity contribution in [3.8, 4) is 22.8 Å². The number of carboxylic acid groups (broad SMARTS) is 1. The predicted octanol–water partition coefficient (Wildman–Crippen LogP) is 0.437. The molecule has 3 aromatic rings. The summed E-state index contributed by atoms with van der Waals surface area (Å²) in [6.45, 7) is 0. The molecule has 10 heteroatoms. The van der Waals surface area contributed by atoms with Crippen LogP contribution in [-0.2, 0) is 9.53 Å². The van der Waals surface area contributed by atoms with Crippen molar-refractivity contribution in [2.75, 3.05) is 0 Å². The molecule has 0 amide bonds. The second-order valence-electron chi connectivity index (χ2n) is 7.03. The maximum absolute atomic E-state index is 12.4. The van der Waals surface area contributed by atoms with Crippen LogP contribution in [0.4, 0.5) is 0 Å². The van der Waals surface area contributed by atoms with Crippen molar-refractivity contribution in [3.63, 3.8) is 0 Å². The van der Waals surface area contributed by atoms with Gasteiger partial charge in [-0.25, -0.2) is 4.79 Å². The van der Waals surface area contributed by atoms with Crippen LogP contribution in [0.2, 0.25) is 0 Å². The average Bonchev–Trinajstić information content (AvgIpc) is 2.74. The summed E-state index contributed by atoms with van der Waals surface area (Å²) in [5.74, 6) is -1.17. The molecule has 0 bridgehead atoms. The van der Waals surface area contributed by atoms with E-state index in [0.717, 1.165) is 0 Å². The lowest BCUT2D eigenvalue weighted by atomic mass is 9.99. The molecular formula is C21H18O10. The van der Waals surface area contributed by atoms with Gasteiger partial charge in [-0.1, -0.05) is 0 Å². The third kappa shape index (κ3) is 3.97. The largest absolute Gasteiger partial charge is 0.508 e. The van der Waals surface area contributed by atoms with Gasteiger partial charge >= 0.3 is 5.97 Å². The highest BCUT2D eigenvalue weighted by Crippen LogP contribution is 2.29. The van der Waals surface area contributed by atoms with Crippen LogP contribution in [0.3, 0.4) is 0 Å². The summed E-state index contributed by atoms with van der Waals surface area (Å²) in [5.41, 5.74) is 0.374. The number of carboxylic acids is 1. The zero-order valence-corrected chi connectivity index (χ0v) is 15.8. The number of ether oxygens (including phenoxy) is 2. The van der Waals surface area contributed by atoms with Crippen molar-refractivity contribution in [2.45, 2.75) is 30.7 Å². The van der Waals surface area contributed by atoms with E-state index in [1.54, 1.807) is 12.1 Å². The minimum atomic E-state index is -1.84. The Morgan fingerprint density at radius 1 is 0.935 bits per heavy atom. The number of hydrogen-bond donors (Lipinski definition) is 5. The van der Waals surface area contributed by atoms with E-state index in [1.165, 1.54) is 36.4 Å². The van der Waals surface area contributed by atoms with Crippen LogP contribution < -0.4 is 10.2 Å². The topological polar surface area (TPSA) is 167 Å². The van der Waals surface area contributed by atoms with Crippen LogP contribution in [-0.4, -0.2) is 62.2 Å². The zero-order valence-electron chi connectivity index (χ0n) is 15.8. The van der Waals surface area contributed by atoms with E-state index in [4.69, 9.17) is 19.0 Å². The number of aliphatic carboxylic acids is 1. The number of aliphatic hydroxyl groups is 3. The van der Waals surface area contributed by atoms with Crippen LogP contribution in [0.15, 0.2) is 57.7 Å². The summed E-state index contributed by atoms with van der Waals surface area (Å²) in [7, 11) is 0. The molecule has 10 nitrogen and oxygen atoms in total. The number of carbonyl (C=O) groups is 1. The van der Waals surface area contributed by atoms with Crippen LogP contribution in [0.1, 0.15) is 0 Å². The Bertz CT molecular complexity index is 1170. The van der Waals surface area contributed by atoms with E-state index in [0.29, 0.717) is 5.56 Å². The number of aliphatic hydroxyl groups excluding tert-OH is 3. The molecule has 0 aliphatic carbocycles. The van der Waals surface area contributed by atoms with Gasteiger partial charge in [0.2, 0.25) is 6.29 Å². The van der Waals surface area contributed by atoms with Crippen LogP contribution in [0.25, 0.3) is 22.3 Å². The van der Waals surface area contributed by atoms with Gasteiger partial charge in [0.1, 0.15) is 41.2 Å². The molecule has 0 radical (unpaired) electrons. The Morgan fingerprint density at radius 2 is 1.65 bits per heavy atom. The minimum Gasteiger partial charge on any atom is -0.508 e. The van der Waals surface area contributed by atoms with Crippen molar-refractivity contribution in [1.82, 2.24) is 0 Å². The first-order chi connectivity index (χ1) is 14.7. The Kier molecular flexibility index (Phi) is 5.38. The van der Waals surface area contributed by atoms with Gasteiger partial charge in [0.25, 0.3) is 0 Å². The Balaban J connectivity index is 1.66. The first-order valence-corrected chi connectivity index (χ1v) is 9.21. The van der Waals surface area contributed by atoms with Gasteiger partial charge in [-0.3, -0.25) is 4.79 Å². The number of phenolic OH excluding ortho intramolecular Hbond substituents is 1. The quantitative estimate of drug-likeness (QED) is 0.392. The van der Waals surface area contributed by atoms with Crippen LogP contribution in [0, 0.1) is 0 Å². The fourth-order valence-corrected chi connectivity index (χ4v) is 3.26. The Labute approximate surface area is 174 Å². The van der Waals surface area contributed by atoms with E-state index in [9.17, 15) is 30.0 Å². The van der Waals surface area contributed by atoms with Crippen molar-refractivity contribution >= 4 is 16.9 Å². The van der Waals surface area contributed by atoms with Crippen LogP contribution >= 0.6 is 0 Å². The molecule has 2 aromatic carbocycles. The molecule has 1 aliphatic heterocycles. The first-order valence-electron chi connectivity index (χ1n) is 9.21. The highest BCUT2D eigenvalue weighted by molar-refractivity contribution is 5.80. The standard InChI is InChI=1S/C21H18O10/c22-10-3-1-9(2-4-10)14-8-13(23)12-6-5-11(7-15(12)30-14)29-21-18(26)16(24)17(25)19(31-21)20(27)28/h1-8,16-19,21-22,24-26H,(H,27,28). The van der Waals surface area contributed by atoms with Gasteiger partial charge in [0, 0.05) is 17.7 Å². The fourth-order valence-electron chi connectivity index (χ4n) is 3.26. The molecule has 31 heavy (non-hydrogen) atoms. The molecule has 5 N–H and O–H groups in total. The van der Waals surface area contributed by atoms with E-state index >= 15 is 0 Å². The summed E-state index contributed by atoms with van der Waals surface area (Å²) < 4.78 is 16.3. The molecule has 1 aliphatic rings. The summed E-state index contributed by atoms with van der Waals surface area (Å²) in [5, 5.41) is 48.5. The molecular weight excluding hydrogens is 412 g/mol. The lowest BCUT2D eigenvalue weighted by Crippen LogP contribution is -2.61. The van der Waals surface area contributed by atoms with Gasteiger partial charge in [-0.2, -0.15) is 0 Å². The van der Waals surface area contributed by atoms with Crippen molar-refractivity contribution < 1.29 is 44.2 Å². The molecule has 162 valence electrons. The minimum absolute atomic E-state index is 0.0561. The number of phenols is 1. The average molecular weight is 430 g/mol. The molecule has 0 spiro atoms. The number of fused-ring (bicyclic) bond motifs is 1. The van der Waals surface area contributed by atoms with Gasteiger partial charge in [-0.05, 0) is 36.4 Å². The molecule has 1 aromatic heterocycles. The summed E-state index contributed by atoms with van der Waals surface area (Å²) in [6.07, 6.45) is -8.77. The lowest BCUT2D eigenvalue weighted by molar-refractivity contribution is -0.271. The number of benzene rings is 2. The lowest BCUT2D eigenvalue weighted by Gasteiger charge is -2.38. The van der Waals surface area contributed by atoms with E-state index in [1.807, 2.05) is 0 Å². The van der Waals surface area contributed by atoms with Gasteiger partial charge in [-0.15, -0.1) is 0 Å². The predicted molar refractivity (Wildman–Crippen MR) is 105 cm³/mol. The molecule has 5 atom stereocenters. The van der Waals surface area contributed by atoms with Crippen molar-refractivity contribution in [3.05, 3.63) is 58.8 Å². The fraction of sp³-hybridized carbons (Fsp3) is 0.238. The highest BCUT2D eigenvalue weighted by atomic mass is 16.7. The summed E-state index contributed by atoms with van der Waals surface area (Å²) >= 11 is 0. The monoisotopic (exact) mass is 430 g/mol. The van der Waals surface area contributed by atoms with Crippen molar-refractivity contribution in [2.24, 2.45) is 0 Å². The van der Waals surface area contributed by atoms with E-state index < -0.39 is 36.7 Å². The smallest absolute Gasteiger partial charge is 0.335 e. The normalized spacial score (nSPS) is 26.0. The number of rotatable bonds is 4. The SMILES string of the molecule is O=C(O)C1OC(Oc2ccc3c(=O)cc(-c4ccc(O)cc4)oc3c2)C(O)C(O)C1O. The Morgan fingerprint density at radius 3 is 2.32 bits per heavy atom. The van der Waals surface area contributed by atoms with Crippen LogP contribution in [0.5, 0.6) is 11.5 Å². The molecule has 4 rings (SSSR count). The molecule has 1 fully saturated rings. The second-order valence-corrected chi connectivity index (χ2v) is 7.03. The zero-order chi connectivity index (χ0) is 22.3. The first kappa shape index (κ1) is 20.8. The third-order valence-corrected chi connectivity index (χ3v) is 4.92. The Hall–Kier alpha value is -3.44. The van der Waals surface area contributed by atoms with E-state index in [2.05, 4.69) is 0 Å². The van der Waals surface area contributed by atoms with E-state index in [-0.39, 0.29) is 33.7 Å². The molecule has 5 unspecified atom stereocenters. The maximum Gasteiger partial charge on any atom is 0.335 e. The maximum atomic E-state index is 12.4. The molecule has 1 saturated heterocycles. The third-order valence-electron chi connectivity index (χ3n) is 4.92. The van der Waals surface area contributed by atoms with Crippen molar-refractivity contribution in [1.29, 1.82) is 0 Å². The van der Waals surface area contributed by atoms with Gasteiger partial charge in [0.15, 0.2) is 11.5 Å². The summed E-state index contributed by atoms with van der Waals surface area (Å²) in [4.78, 5) is 23.7.